The molecule has 0 aliphatic heterocycles. The molecule has 1 aliphatic rings. The second-order valence-electron chi connectivity index (χ2n) is 5.24. The summed E-state index contributed by atoms with van der Waals surface area (Å²) < 4.78 is 92.0. The highest BCUT2D eigenvalue weighted by Gasteiger charge is 2.49. The van der Waals surface area contributed by atoms with Crippen LogP contribution in [0, 0.1) is 11.6 Å². The molecule has 1 aliphatic carbocycles. The summed E-state index contributed by atoms with van der Waals surface area (Å²) in [6.45, 7) is 0. The SMILES string of the molecule is O=c1[nH]c(=O)n(C2CC2)c2c(OS(=O)(=O)C(F)(F)F)c(F)c(F)cc12. The Balaban J connectivity index is 2.43. The van der Waals surface area contributed by atoms with Crippen molar-refractivity contribution in [2.45, 2.75) is 24.4 Å². The molecule has 1 fully saturated rings. The molecule has 7 nitrogen and oxygen atoms in total. The number of nitrogens with zero attached hydrogens (tertiary/aromatic N) is 1. The first-order chi connectivity index (χ1) is 11.4. The van der Waals surface area contributed by atoms with E-state index in [2.05, 4.69) is 4.18 Å². The third-order valence-electron chi connectivity index (χ3n) is 3.46. The summed E-state index contributed by atoms with van der Waals surface area (Å²) in [6, 6.07) is -0.276. The van der Waals surface area contributed by atoms with E-state index in [1.807, 2.05) is 0 Å². The summed E-state index contributed by atoms with van der Waals surface area (Å²) >= 11 is 0. The quantitative estimate of drug-likeness (QED) is 0.490. The second kappa shape index (κ2) is 5.28. The summed E-state index contributed by atoms with van der Waals surface area (Å²) in [7, 11) is -6.36. The van der Waals surface area contributed by atoms with Gasteiger partial charge in [0.05, 0.1) is 5.39 Å². The first-order valence-corrected chi connectivity index (χ1v) is 8.02. The standard InChI is InChI=1S/C12H7F5N2O5S/c13-6-3-5-8(19(4-1-2-4)11(21)18-10(5)20)9(7(6)14)24-25(22,23)12(15,16)17/h3-4H,1-2H2,(H,18,20,21). The number of H-pyrrole nitrogens is 1. The van der Waals surface area contributed by atoms with Gasteiger partial charge in [-0.2, -0.15) is 26.0 Å². The maximum absolute atomic E-state index is 14.0. The highest BCUT2D eigenvalue weighted by Crippen LogP contribution is 2.40. The number of alkyl halides is 3. The molecule has 136 valence electrons. The highest BCUT2D eigenvalue weighted by molar-refractivity contribution is 7.88. The Hall–Kier alpha value is -2.44. The fraction of sp³-hybridized carbons (Fsp3) is 0.333. The van der Waals surface area contributed by atoms with Gasteiger partial charge in [0.2, 0.25) is 11.6 Å². The fourth-order valence-electron chi connectivity index (χ4n) is 2.25. The van der Waals surface area contributed by atoms with Crippen LogP contribution in [0.5, 0.6) is 5.75 Å². The predicted octanol–water partition coefficient (Wildman–Crippen LogP) is 1.53. The summed E-state index contributed by atoms with van der Waals surface area (Å²) in [5, 5.41) is -0.724. The molecule has 0 saturated heterocycles. The first-order valence-electron chi connectivity index (χ1n) is 6.61. The van der Waals surface area contributed by atoms with Crippen LogP contribution in [0.1, 0.15) is 18.9 Å². The lowest BCUT2D eigenvalue weighted by Crippen LogP contribution is -2.32. The van der Waals surface area contributed by atoms with Gasteiger partial charge in [-0.05, 0) is 18.9 Å². The minimum absolute atomic E-state index is 0.342. The van der Waals surface area contributed by atoms with Gasteiger partial charge in [0.1, 0.15) is 5.52 Å². The van der Waals surface area contributed by atoms with E-state index in [1.165, 1.54) is 0 Å². The smallest absolute Gasteiger partial charge is 0.370 e. The van der Waals surface area contributed by atoms with Crippen molar-refractivity contribution < 1.29 is 34.6 Å². The van der Waals surface area contributed by atoms with E-state index in [-0.39, 0.29) is 0 Å². The van der Waals surface area contributed by atoms with Crippen LogP contribution < -0.4 is 15.4 Å². The lowest BCUT2D eigenvalue weighted by Gasteiger charge is -2.15. The molecule has 2 aromatic rings. The molecule has 0 spiro atoms. The molecule has 1 aromatic heterocycles. The van der Waals surface area contributed by atoms with Crippen molar-refractivity contribution in [2.75, 3.05) is 0 Å². The molecule has 0 atom stereocenters. The normalized spacial score (nSPS) is 15.6. The van der Waals surface area contributed by atoms with Gasteiger partial charge < -0.3 is 4.18 Å². The number of fused-ring (bicyclic) bond motifs is 1. The molecule has 0 unspecified atom stereocenters. The van der Waals surface area contributed by atoms with Crippen molar-refractivity contribution in [1.82, 2.24) is 9.55 Å². The van der Waals surface area contributed by atoms with E-state index in [4.69, 9.17) is 0 Å². The van der Waals surface area contributed by atoms with Gasteiger partial charge in [-0.15, -0.1) is 0 Å². The Morgan fingerprint density at radius 2 is 1.80 bits per heavy atom. The summed E-state index contributed by atoms with van der Waals surface area (Å²) in [6.07, 6.45) is 0.733. The molecule has 3 rings (SSSR count). The molecule has 0 bridgehead atoms. The number of benzene rings is 1. The molecular formula is C12H7F5N2O5S. The van der Waals surface area contributed by atoms with Crippen LogP contribution in [0.4, 0.5) is 22.0 Å². The van der Waals surface area contributed by atoms with Crippen LogP contribution in [0.15, 0.2) is 15.7 Å². The minimum Gasteiger partial charge on any atom is -0.370 e. The number of rotatable bonds is 3. The summed E-state index contributed by atoms with van der Waals surface area (Å²) in [5.41, 5.74) is -9.13. The Kier molecular flexibility index (Phi) is 3.67. The molecule has 0 amide bonds. The number of aromatic nitrogens is 2. The summed E-state index contributed by atoms with van der Waals surface area (Å²) in [5.74, 6) is -5.58. The number of hydrogen-bond acceptors (Lipinski definition) is 5. The topological polar surface area (TPSA) is 98.2 Å². The average molecular weight is 386 g/mol. The number of aromatic amines is 1. The van der Waals surface area contributed by atoms with Gasteiger partial charge >= 0.3 is 21.3 Å². The third kappa shape index (κ3) is 2.77. The zero-order valence-electron chi connectivity index (χ0n) is 11.9. The van der Waals surface area contributed by atoms with Crippen molar-refractivity contribution in [3.8, 4) is 5.75 Å². The van der Waals surface area contributed by atoms with Crippen LogP contribution in [0.3, 0.4) is 0 Å². The molecule has 0 radical (unpaired) electrons. The van der Waals surface area contributed by atoms with Crippen molar-refractivity contribution >= 4 is 21.0 Å². The van der Waals surface area contributed by atoms with Gasteiger partial charge in [-0.1, -0.05) is 0 Å². The molecule has 1 saturated carbocycles. The van der Waals surface area contributed by atoms with Gasteiger partial charge in [-0.3, -0.25) is 14.3 Å². The maximum atomic E-state index is 14.0. The van der Waals surface area contributed by atoms with E-state index < -0.39 is 61.2 Å². The van der Waals surface area contributed by atoms with Crippen molar-refractivity contribution in [1.29, 1.82) is 0 Å². The molecular weight excluding hydrogens is 379 g/mol. The van der Waals surface area contributed by atoms with E-state index in [9.17, 15) is 40.0 Å². The second-order valence-corrected chi connectivity index (χ2v) is 6.78. The zero-order chi connectivity index (χ0) is 18.7. The van der Waals surface area contributed by atoms with Gasteiger partial charge in [0.25, 0.3) is 5.56 Å². The van der Waals surface area contributed by atoms with Gasteiger partial charge in [-0.25, -0.2) is 9.18 Å². The molecule has 1 heterocycles. The molecule has 1 N–H and O–H groups in total. The monoisotopic (exact) mass is 386 g/mol. The van der Waals surface area contributed by atoms with Crippen LogP contribution in [0.2, 0.25) is 0 Å². The molecule has 1 aromatic carbocycles. The zero-order valence-corrected chi connectivity index (χ0v) is 12.7. The van der Waals surface area contributed by atoms with Gasteiger partial charge in [0, 0.05) is 6.04 Å². The molecule has 13 heteroatoms. The van der Waals surface area contributed by atoms with E-state index in [1.54, 1.807) is 4.98 Å². The fourth-order valence-corrected chi connectivity index (χ4v) is 2.71. The van der Waals surface area contributed by atoms with E-state index >= 15 is 0 Å². The van der Waals surface area contributed by atoms with Crippen LogP contribution in [-0.4, -0.2) is 23.5 Å². The van der Waals surface area contributed by atoms with E-state index in [0.717, 1.165) is 0 Å². The van der Waals surface area contributed by atoms with Crippen molar-refractivity contribution in [3.63, 3.8) is 0 Å². The lowest BCUT2D eigenvalue weighted by atomic mass is 10.2. The number of nitrogens with one attached hydrogen (secondary N) is 1. The van der Waals surface area contributed by atoms with Crippen molar-refractivity contribution in [3.05, 3.63) is 38.5 Å². The first kappa shape index (κ1) is 17.4. The van der Waals surface area contributed by atoms with Crippen LogP contribution in [0.25, 0.3) is 10.9 Å². The largest absolute Gasteiger partial charge is 0.534 e. The lowest BCUT2D eigenvalue weighted by molar-refractivity contribution is -0.0500. The Labute approximate surface area is 134 Å². The van der Waals surface area contributed by atoms with Crippen LogP contribution >= 0.6 is 0 Å². The molecule has 25 heavy (non-hydrogen) atoms. The Morgan fingerprint density at radius 3 is 2.32 bits per heavy atom. The van der Waals surface area contributed by atoms with E-state index in [0.29, 0.717) is 23.5 Å². The predicted molar refractivity (Wildman–Crippen MR) is 72.6 cm³/mol. The number of halogens is 5. The van der Waals surface area contributed by atoms with Crippen molar-refractivity contribution in [2.24, 2.45) is 0 Å². The maximum Gasteiger partial charge on any atom is 0.534 e. The van der Waals surface area contributed by atoms with Crippen LogP contribution in [-0.2, 0) is 10.1 Å². The highest BCUT2D eigenvalue weighted by atomic mass is 32.2. The minimum atomic E-state index is -6.36. The Bertz CT molecular complexity index is 1100. The van der Waals surface area contributed by atoms with Gasteiger partial charge in [0.15, 0.2) is 5.82 Å². The third-order valence-corrected chi connectivity index (χ3v) is 4.42. The Morgan fingerprint density at radius 1 is 1.20 bits per heavy atom. The average Bonchev–Trinajstić information content (AvgIpc) is 3.28. The summed E-state index contributed by atoms with van der Waals surface area (Å²) in [4.78, 5) is 25.5. The number of hydrogen-bond donors (Lipinski definition) is 1.